The summed E-state index contributed by atoms with van der Waals surface area (Å²) in [6.45, 7) is 0.228. The van der Waals surface area contributed by atoms with E-state index in [4.69, 9.17) is 5.73 Å². The van der Waals surface area contributed by atoms with Crippen molar-refractivity contribution in [1.29, 1.82) is 0 Å². The van der Waals surface area contributed by atoms with Crippen molar-refractivity contribution in [3.05, 3.63) is 113 Å². The Hall–Kier alpha value is -2.98. The fourth-order valence-corrected chi connectivity index (χ4v) is 6.24. The molecule has 1 aromatic heterocycles. The standard InChI is InChI=1S/C27H24F3N2O2S2/c28-27(29,30)23-8-4-7-22(17-23)25(31)18-24-13-14-26(35-24)36(33,34)32-16-15-19-9-11-21(12-10-19)20-5-2-1-3-6-20/h1-14,17,25,31-32H,15-16,18H2. The summed E-state index contributed by atoms with van der Waals surface area (Å²) in [7, 11) is -3.73. The van der Waals surface area contributed by atoms with Crippen LogP contribution in [-0.2, 0) is 29.0 Å². The first-order valence-corrected chi connectivity index (χ1v) is 13.5. The van der Waals surface area contributed by atoms with Gasteiger partial charge in [-0.05, 0) is 52.9 Å². The van der Waals surface area contributed by atoms with Crippen molar-refractivity contribution in [2.24, 2.45) is 0 Å². The summed E-state index contributed by atoms with van der Waals surface area (Å²) in [6.07, 6.45) is -3.83. The molecule has 4 nitrogen and oxygen atoms in total. The van der Waals surface area contributed by atoms with E-state index in [1.807, 2.05) is 54.6 Å². The lowest BCUT2D eigenvalue weighted by atomic mass is 10.0. The molecule has 0 fully saturated rings. The van der Waals surface area contributed by atoms with Crippen molar-refractivity contribution in [1.82, 2.24) is 10.5 Å². The van der Waals surface area contributed by atoms with Crippen LogP contribution >= 0.6 is 11.3 Å². The second-order valence-corrected chi connectivity index (χ2v) is 11.5. The van der Waals surface area contributed by atoms with E-state index in [1.165, 1.54) is 18.2 Å². The zero-order chi connectivity index (χ0) is 25.8. The average molecular weight is 530 g/mol. The minimum atomic E-state index is -4.48. The van der Waals surface area contributed by atoms with Crippen LogP contribution in [0.5, 0.6) is 0 Å². The van der Waals surface area contributed by atoms with Gasteiger partial charge in [-0.2, -0.15) is 13.2 Å². The van der Waals surface area contributed by atoms with E-state index in [2.05, 4.69) is 4.72 Å². The van der Waals surface area contributed by atoms with Crippen LogP contribution < -0.4 is 10.5 Å². The quantitative estimate of drug-likeness (QED) is 0.268. The molecule has 0 aliphatic rings. The number of sulfonamides is 1. The molecule has 4 aromatic rings. The van der Waals surface area contributed by atoms with Crippen LogP contribution in [0, 0.1) is 0 Å². The maximum absolute atomic E-state index is 13.0. The number of thiophene rings is 1. The van der Waals surface area contributed by atoms with Crippen LogP contribution in [0.4, 0.5) is 13.2 Å². The molecule has 3 aromatic carbocycles. The molecule has 0 bridgehead atoms. The monoisotopic (exact) mass is 529 g/mol. The lowest BCUT2D eigenvalue weighted by molar-refractivity contribution is -0.137. The largest absolute Gasteiger partial charge is 0.416 e. The van der Waals surface area contributed by atoms with Gasteiger partial charge in [-0.25, -0.2) is 18.9 Å². The lowest BCUT2D eigenvalue weighted by Gasteiger charge is -2.13. The first-order valence-electron chi connectivity index (χ1n) is 11.2. The predicted octanol–water partition coefficient (Wildman–Crippen LogP) is 6.52. The second kappa shape index (κ2) is 11.0. The molecule has 1 unspecified atom stereocenters. The van der Waals surface area contributed by atoms with Gasteiger partial charge in [0, 0.05) is 17.8 Å². The van der Waals surface area contributed by atoms with Crippen LogP contribution in [0.3, 0.4) is 0 Å². The van der Waals surface area contributed by atoms with Crippen molar-refractivity contribution in [2.75, 3.05) is 6.54 Å². The molecule has 4 rings (SSSR count). The van der Waals surface area contributed by atoms with Gasteiger partial charge in [0.1, 0.15) is 4.21 Å². The third-order valence-corrected chi connectivity index (χ3v) is 8.75. The van der Waals surface area contributed by atoms with E-state index < -0.39 is 27.8 Å². The van der Waals surface area contributed by atoms with Crippen LogP contribution in [0.1, 0.15) is 27.6 Å². The maximum Gasteiger partial charge on any atom is 0.416 e. The number of halogens is 3. The summed E-state index contributed by atoms with van der Waals surface area (Å²) in [4.78, 5) is 0.615. The van der Waals surface area contributed by atoms with Gasteiger partial charge in [-0.3, -0.25) is 0 Å². The van der Waals surface area contributed by atoms with Crippen molar-refractivity contribution >= 4 is 21.4 Å². The molecule has 36 heavy (non-hydrogen) atoms. The zero-order valence-electron chi connectivity index (χ0n) is 19.1. The summed E-state index contributed by atoms with van der Waals surface area (Å²) in [5.41, 5.74) is 10.9. The number of alkyl halides is 3. The van der Waals surface area contributed by atoms with E-state index >= 15 is 0 Å². The third kappa shape index (κ3) is 6.61. The Labute approximate surface area is 212 Å². The predicted molar refractivity (Wildman–Crippen MR) is 136 cm³/mol. The topological polar surface area (TPSA) is 70.0 Å². The van der Waals surface area contributed by atoms with Gasteiger partial charge in [-0.1, -0.05) is 66.7 Å². The lowest BCUT2D eigenvalue weighted by Crippen LogP contribution is -2.25. The van der Waals surface area contributed by atoms with Crippen molar-refractivity contribution in [3.63, 3.8) is 0 Å². The Bertz CT molecular complexity index is 1400. The molecule has 187 valence electrons. The van der Waals surface area contributed by atoms with Crippen LogP contribution in [0.15, 0.2) is 95.2 Å². The average Bonchev–Trinajstić information content (AvgIpc) is 3.34. The molecule has 2 N–H and O–H groups in total. The zero-order valence-corrected chi connectivity index (χ0v) is 20.8. The van der Waals surface area contributed by atoms with Gasteiger partial charge in [-0.15, -0.1) is 11.3 Å². The SMILES string of the molecule is [NH]C(Cc1ccc(S(=O)(=O)NCCc2ccc(-c3ccccc3)cc2)s1)c1cccc(C(F)(F)F)c1. The number of benzene rings is 3. The van der Waals surface area contributed by atoms with E-state index in [0.29, 0.717) is 11.3 Å². The highest BCUT2D eigenvalue weighted by Gasteiger charge is 2.31. The highest BCUT2D eigenvalue weighted by Crippen LogP contribution is 2.32. The molecule has 0 saturated heterocycles. The molecule has 0 spiro atoms. The van der Waals surface area contributed by atoms with Crippen LogP contribution in [0.25, 0.3) is 11.1 Å². The Kier molecular flexibility index (Phi) is 7.94. The number of rotatable bonds is 9. The Morgan fingerprint density at radius 2 is 1.56 bits per heavy atom. The second-order valence-electron chi connectivity index (χ2n) is 8.31. The van der Waals surface area contributed by atoms with Crippen LogP contribution in [0.2, 0.25) is 0 Å². The molecule has 0 amide bonds. The van der Waals surface area contributed by atoms with Crippen molar-refractivity contribution < 1.29 is 21.6 Å². The Morgan fingerprint density at radius 1 is 0.861 bits per heavy atom. The van der Waals surface area contributed by atoms with Gasteiger partial charge >= 0.3 is 6.18 Å². The maximum atomic E-state index is 13.0. The molecular formula is C27H24F3N2O2S2. The highest BCUT2D eigenvalue weighted by molar-refractivity contribution is 7.91. The minimum absolute atomic E-state index is 0.119. The van der Waals surface area contributed by atoms with Gasteiger partial charge in [0.25, 0.3) is 0 Å². The molecule has 1 atom stereocenters. The number of hydrogen-bond donors (Lipinski definition) is 1. The van der Waals surface area contributed by atoms with E-state index in [9.17, 15) is 21.6 Å². The fourth-order valence-electron chi connectivity index (χ4n) is 3.76. The van der Waals surface area contributed by atoms with E-state index in [1.54, 1.807) is 6.07 Å². The highest BCUT2D eigenvalue weighted by atomic mass is 32.2. The molecule has 0 aliphatic carbocycles. The first-order chi connectivity index (χ1) is 17.1. The molecule has 0 saturated carbocycles. The normalized spacial score (nSPS) is 13.0. The summed E-state index contributed by atoms with van der Waals surface area (Å²) >= 11 is 1.03. The fraction of sp³-hybridized carbons (Fsp3) is 0.185. The van der Waals surface area contributed by atoms with Gasteiger partial charge < -0.3 is 0 Å². The molecule has 1 heterocycles. The molecule has 1 radical (unpaired) electrons. The van der Waals surface area contributed by atoms with Gasteiger partial charge in [0.15, 0.2) is 0 Å². The summed E-state index contributed by atoms with van der Waals surface area (Å²) in [6, 6.07) is 24.8. The minimum Gasteiger partial charge on any atom is -0.249 e. The third-order valence-electron chi connectivity index (χ3n) is 5.69. The number of nitrogens with one attached hydrogen (secondary N) is 2. The van der Waals surface area contributed by atoms with Crippen molar-refractivity contribution in [2.45, 2.75) is 29.3 Å². The summed E-state index contributed by atoms with van der Waals surface area (Å²) in [5.74, 6) is 0. The number of hydrogen-bond acceptors (Lipinski definition) is 3. The van der Waals surface area contributed by atoms with E-state index in [0.717, 1.165) is 40.2 Å². The summed E-state index contributed by atoms with van der Waals surface area (Å²) in [5, 5.41) is 0. The van der Waals surface area contributed by atoms with Gasteiger partial charge in [0.05, 0.1) is 11.6 Å². The van der Waals surface area contributed by atoms with Crippen LogP contribution in [-0.4, -0.2) is 15.0 Å². The summed E-state index contributed by atoms with van der Waals surface area (Å²) < 4.78 is 67.0. The molecule has 9 heteroatoms. The van der Waals surface area contributed by atoms with Crippen molar-refractivity contribution in [3.8, 4) is 11.1 Å². The van der Waals surface area contributed by atoms with E-state index in [-0.39, 0.29) is 22.7 Å². The smallest absolute Gasteiger partial charge is 0.249 e. The molecule has 0 aliphatic heterocycles. The Balaban J connectivity index is 1.33. The Morgan fingerprint density at radius 3 is 2.25 bits per heavy atom. The molecular weight excluding hydrogens is 505 g/mol. The van der Waals surface area contributed by atoms with Gasteiger partial charge in [0.2, 0.25) is 10.0 Å². The first kappa shape index (κ1) is 26.1.